The molecule has 0 aliphatic heterocycles. The van der Waals surface area contributed by atoms with Crippen molar-refractivity contribution in [2.75, 3.05) is 13.7 Å². The van der Waals surface area contributed by atoms with Gasteiger partial charge in [0.2, 0.25) is 0 Å². The highest BCUT2D eigenvalue weighted by molar-refractivity contribution is 5.66. The molecule has 22 heavy (non-hydrogen) atoms. The maximum atomic E-state index is 11.1. The van der Waals surface area contributed by atoms with Crippen LogP contribution in [0.15, 0.2) is 24.3 Å². The van der Waals surface area contributed by atoms with Crippen LogP contribution < -0.4 is 5.32 Å². The number of alkyl carbamates (subject to hydrolysis) is 1. The molecule has 1 aromatic carbocycles. The van der Waals surface area contributed by atoms with E-state index in [1.54, 1.807) is 0 Å². The number of methoxy groups -OCH3 is 1. The monoisotopic (exact) mass is 301 g/mol. The molecule has 1 aromatic rings. The van der Waals surface area contributed by atoms with Crippen molar-refractivity contribution in [2.45, 2.75) is 38.2 Å². The molecule has 0 bridgehead atoms. The summed E-state index contributed by atoms with van der Waals surface area (Å²) < 4.78 is 4.57. The van der Waals surface area contributed by atoms with Crippen LogP contribution >= 0.6 is 0 Å². The van der Waals surface area contributed by atoms with E-state index in [1.807, 2.05) is 31.2 Å². The van der Waals surface area contributed by atoms with E-state index in [2.05, 4.69) is 21.9 Å². The number of hydrogen-bond donors (Lipinski definition) is 2. The van der Waals surface area contributed by atoms with Crippen molar-refractivity contribution in [3.63, 3.8) is 0 Å². The largest absolute Gasteiger partial charge is 0.453 e. The second-order valence-corrected chi connectivity index (χ2v) is 5.99. The van der Waals surface area contributed by atoms with E-state index in [4.69, 9.17) is 0 Å². The van der Waals surface area contributed by atoms with Crippen LogP contribution in [0.4, 0.5) is 4.79 Å². The Kier molecular flexibility index (Phi) is 5.46. The Morgan fingerprint density at radius 1 is 1.55 bits per heavy atom. The minimum Gasteiger partial charge on any atom is -0.453 e. The summed E-state index contributed by atoms with van der Waals surface area (Å²) in [7, 11) is 1.35. The van der Waals surface area contributed by atoms with Crippen molar-refractivity contribution < 1.29 is 14.6 Å². The highest BCUT2D eigenvalue weighted by Gasteiger charge is 2.32. The summed E-state index contributed by atoms with van der Waals surface area (Å²) >= 11 is 0. The molecule has 2 rings (SSSR count). The highest BCUT2D eigenvalue weighted by atomic mass is 16.5. The van der Waals surface area contributed by atoms with Crippen molar-refractivity contribution in [1.82, 2.24) is 5.32 Å². The van der Waals surface area contributed by atoms with Gasteiger partial charge in [0.1, 0.15) is 5.60 Å². The zero-order chi connectivity index (χ0) is 16.0. The van der Waals surface area contributed by atoms with E-state index in [-0.39, 0.29) is 5.92 Å². The number of carbonyl (C=O) groups excluding carboxylic acids is 1. The third-order valence-electron chi connectivity index (χ3n) is 4.01. The molecule has 0 heterocycles. The lowest BCUT2D eigenvalue weighted by Gasteiger charge is -2.33. The molecule has 0 radical (unpaired) electrons. The molecule has 0 spiro atoms. The van der Waals surface area contributed by atoms with Gasteiger partial charge >= 0.3 is 6.09 Å². The van der Waals surface area contributed by atoms with Gasteiger partial charge in [0.15, 0.2) is 0 Å². The van der Waals surface area contributed by atoms with Crippen LogP contribution in [0.5, 0.6) is 0 Å². The second kappa shape index (κ2) is 7.33. The molecule has 1 aliphatic carbocycles. The average molecular weight is 301 g/mol. The van der Waals surface area contributed by atoms with E-state index in [0.29, 0.717) is 19.4 Å². The summed E-state index contributed by atoms with van der Waals surface area (Å²) in [6.07, 6.45) is 2.72. The van der Waals surface area contributed by atoms with Crippen LogP contribution in [0.1, 0.15) is 36.8 Å². The summed E-state index contributed by atoms with van der Waals surface area (Å²) in [5.74, 6) is 6.34. The van der Waals surface area contributed by atoms with Crippen LogP contribution in [-0.4, -0.2) is 30.5 Å². The predicted octanol–water partition coefficient (Wildman–Crippen LogP) is 2.62. The normalized spacial score (nSPS) is 24.0. The number of ether oxygens (including phenoxy) is 1. The lowest BCUT2D eigenvalue weighted by atomic mass is 9.78. The topological polar surface area (TPSA) is 58.6 Å². The zero-order valence-corrected chi connectivity index (χ0v) is 13.2. The number of benzene rings is 1. The molecule has 2 atom stereocenters. The Morgan fingerprint density at radius 2 is 2.36 bits per heavy atom. The number of rotatable bonds is 2. The van der Waals surface area contributed by atoms with Gasteiger partial charge in [0, 0.05) is 12.1 Å². The molecule has 1 amide bonds. The van der Waals surface area contributed by atoms with Gasteiger partial charge in [-0.2, -0.15) is 0 Å². The van der Waals surface area contributed by atoms with Crippen molar-refractivity contribution in [3.8, 4) is 11.8 Å². The molecule has 2 unspecified atom stereocenters. The van der Waals surface area contributed by atoms with Gasteiger partial charge in [-0.1, -0.05) is 24.0 Å². The molecule has 0 saturated heterocycles. The first-order valence-corrected chi connectivity index (χ1v) is 7.65. The fourth-order valence-electron chi connectivity index (χ4n) is 2.86. The van der Waals surface area contributed by atoms with Gasteiger partial charge in [0.25, 0.3) is 0 Å². The van der Waals surface area contributed by atoms with E-state index < -0.39 is 11.7 Å². The SMILES string of the molecule is COC(=O)NCC1CCCC(O)(C#Cc2cccc(C)c2)C1. The third kappa shape index (κ3) is 4.78. The van der Waals surface area contributed by atoms with Crippen LogP contribution in [0.25, 0.3) is 0 Å². The maximum Gasteiger partial charge on any atom is 0.406 e. The van der Waals surface area contributed by atoms with Gasteiger partial charge in [-0.25, -0.2) is 4.79 Å². The van der Waals surface area contributed by atoms with Gasteiger partial charge in [-0.05, 0) is 56.2 Å². The first kappa shape index (κ1) is 16.4. The molecular formula is C18H23NO3. The van der Waals surface area contributed by atoms with E-state index in [1.165, 1.54) is 7.11 Å². The molecule has 1 fully saturated rings. The molecule has 4 nitrogen and oxygen atoms in total. The predicted molar refractivity (Wildman–Crippen MR) is 85.4 cm³/mol. The van der Waals surface area contributed by atoms with Gasteiger partial charge in [0.05, 0.1) is 7.11 Å². The summed E-state index contributed by atoms with van der Waals surface area (Å²) in [6.45, 7) is 2.54. The molecule has 0 aromatic heterocycles. The van der Waals surface area contributed by atoms with Crippen molar-refractivity contribution in [3.05, 3.63) is 35.4 Å². The Bertz CT molecular complexity index is 587. The first-order valence-electron chi connectivity index (χ1n) is 7.65. The van der Waals surface area contributed by atoms with Crippen LogP contribution in [0, 0.1) is 24.7 Å². The maximum absolute atomic E-state index is 11.1. The highest BCUT2D eigenvalue weighted by Crippen LogP contribution is 2.31. The second-order valence-electron chi connectivity index (χ2n) is 5.99. The molecular weight excluding hydrogens is 278 g/mol. The number of amides is 1. The van der Waals surface area contributed by atoms with E-state index in [0.717, 1.165) is 24.0 Å². The van der Waals surface area contributed by atoms with Crippen LogP contribution in [-0.2, 0) is 4.74 Å². The molecule has 1 saturated carbocycles. The zero-order valence-electron chi connectivity index (χ0n) is 13.2. The van der Waals surface area contributed by atoms with Gasteiger partial charge in [-0.15, -0.1) is 0 Å². The number of carbonyl (C=O) groups is 1. The van der Waals surface area contributed by atoms with Crippen molar-refractivity contribution in [1.29, 1.82) is 0 Å². The molecule has 1 aliphatic rings. The number of aliphatic hydroxyl groups is 1. The number of nitrogens with one attached hydrogen (secondary N) is 1. The third-order valence-corrected chi connectivity index (χ3v) is 4.01. The number of aryl methyl sites for hydroxylation is 1. The fraction of sp³-hybridized carbons (Fsp3) is 0.500. The first-order chi connectivity index (χ1) is 10.5. The quantitative estimate of drug-likeness (QED) is 0.826. The molecule has 4 heteroatoms. The van der Waals surface area contributed by atoms with Crippen LogP contribution in [0.2, 0.25) is 0 Å². The summed E-state index contributed by atoms with van der Waals surface area (Å²) in [5.41, 5.74) is 1.11. The lowest BCUT2D eigenvalue weighted by Crippen LogP contribution is -2.39. The summed E-state index contributed by atoms with van der Waals surface area (Å²) in [5, 5.41) is 13.4. The van der Waals surface area contributed by atoms with Gasteiger partial charge < -0.3 is 15.2 Å². The average Bonchev–Trinajstić information content (AvgIpc) is 2.51. The Balaban J connectivity index is 1.99. The molecule has 118 valence electrons. The summed E-state index contributed by atoms with van der Waals surface area (Å²) in [6, 6.07) is 7.94. The minimum atomic E-state index is -0.968. The Hall–Kier alpha value is -1.99. The lowest BCUT2D eigenvalue weighted by molar-refractivity contribution is 0.0368. The summed E-state index contributed by atoms with van der Waals surface area (Å²) in [4.78, 5) is 11.1. The van der Waals surface area contributed by atoms with Crippen molar-refractivity contribution >= 4 is 6.09 Å². The standard InChI is InChI=1S/C18H23NO3/c1-14-5-3-6-15(11-14)8-10-18(21)9-4-7-16(12-18)13-19-17(20)22-2/h3,5-6,11,16,21H,4,7,9,12-13H2,1-2H3,(H,19,20). The van der Waals surface area contributed by atoms with E-state index >= 15 is 0 Å². The smallest absolute Gasteiger partial charge is 0.406 e. The van der Waals surface area contributed by atoms with E-state index in [9.17, 15) is 9.90 Å². The van der Waals surface area contributed by atoms with Crippen molar-refractivity contribution in [2.24, 2.45) is 5.92 Å². The Morgan fingerprint density at radius 3 is 3.09 bits per heavy atom. The minimum absolute atomic E-state index is 0.227. The fourth-order valence-corrected chi connectivity index (χ4v) is 2.86. The number of hydrogen-bond acceptors (Lipinski definition) is 3. The van der Waals surface area contributed by atoms with Gasteiger partial charge in [-0.3, -0.25) is 0 Å². The Labute approximate surface area is 131 Å². The van der Waals surface area contributed by atoms with Crippen LogP contribution in [0.3, 0.4) is 0 Å². The molecule has 2 N–H and O–H groups in total.